The molecule has 0 fully saturated rings. The molecule has 0 aromatic carbocycles. The fraction of sp³-hybridized carbons (Fsp3) is 1.00. The van der Waals surface area contributed by atoms with Gasteiger partial charge in [-0.25, -0.2) is 0 Å². The molecule has 0 heterocycles. The van der Waals surface area contributed by atoms with Gasteiger partial charge in [0.2, 0.25) is 0 Å². The summed E-state index contributed by atoms with van der Waals surface area (Å²) in [5.74, 6) is -3.44. The van der Waals surface area contributed by atoms with Crippen LogP contribution < -0.4 is 0 Å². The van der Waals surface area contributed by atoms with Crippen LogP contribution in [0, 0.1) is 0 Å². The lowest BCUT2D eigenvalue weighted by Gasteiger charge is -1.94. The van der Waals surface area contributed by atoms with E-state index < -0.39 is 15.9 Å². The molecule has 0 rings (SSSR count). The Hall–Kier alpha value is -0.230. The van der Waals surface area contributed by atoms with Crippen molar-refractivity contribution in [3.63, 3.8) is 0 Å². The van der Waals surface area contributed by atoms with E-state index in [1.807, 2.05) is 0 Å². The molecule has 0 aliphatic carbocycles. The molecule has 8 heavy (non-hydrogen) atoms. The molecule has 0 atom stereocenters. The maximum Gasteiger partial charge on any atom is 0.361 e. The molecule has 0 spiro atoms. The van der Waals surface area contributed by atoms with Gasteiger partial charge in [-0.3, -0.25) is 4.18 Å². The van der Waals surface area contributed by atoms with Crippen LogP contribution in [0.25, 0.3) is 0 Å². The van der Waals surface area contributed by atoms with E-state index in [9.17, 15) is 17.2 Å². The zero-order chi connectivity index (χ0) is 6.78. The van der Waals surface area contributed by atoms with Crippen molar-refractivity contribution in [2.24, 2.45) is 0 Å². The molecule has 0 radical (unpaired) electrons. The van der Waals surface area contributed by atoms with Crippen LogP contribution in [0.3, 0.4) is 0 Å². The normalized spacial score (nSPS) is 12.5. The molecular formula is C2H4F2O3S. The van der Waals surface area contributed by atoms with Crippen LogP contribution in [0.2, 0.25) is 0 Å². The van der Waals surface area contributed by atoms with Crippen LogP contribution in [0.5, 0.6) is 0 Å². The highest BCUT2D eigenvalue weighted by molar-refractivity contribution is 7.87. The molecule has 0 saturated carbocycles. The Morgan fingerprint density at radius 2 is 1.88 bits per heavy atom. The Kier molecular flexibility index (Phi) is 2.29. The van der Waals surface area contributed by atoms with E-state index in [2.05, 4.69) is 4.18 Å². The van der Waals surface area contributed by atoms with Gasteiger partial charge >= 0.3 is 15.9 Å². The lowest BCUT2D eigenvalue weighted by atomic mass is 11.7. The first-order chi connectivity index (χ1) is 3.50. The Labute approximate surface area is 45.4 Å². The fourth-order valence-corrected chi connectivity index (χ4v) is 0.218. The number of halogens is 2. The Bertz CT molecular complexity index is 149. The summed E-state index contributed by atoms with van der Waals surface area (Å²) in [4.78, 5) is 0. The third kappa shape index (κ3) is 1.71. The van der Waals surface area contributed by atoms with Gasteiger partial charge in [-0.1, -0.05) is 0 Å². The zero-order valence-corrected chi connectivity index (χ0v) is 4.78. The third-order valence-electron chi connectivity index (χ3n) is 0.451. The third-order valence-corrected chi connectivity index (χ3v) is 1.35. The molecule has 0 aliphatic heterocycles. The van der Waals surface area contributed by atoms with Crippen LogP contribution in [0.1, 0.15) is 0 Å². The van der Waals surface area contributed by atoms with E-state index in [1.54, 1.807) is 0 Å². The van der Waals surface area contributed by atoms with Gasteiger partial charge in [-0.2, -0.15) is 17.2 Å². The molecule has 0 bridgehead atoms. The van der Waals surface area contributed by atoms with Crippen molar-refractivity contribution in [1.29, 1.82) is 0 Å². The molecule has 0 unspecified atom stereocenters. The molecule has 0 aromatic heterocycles. The summed E-state index contributed by atoms with van der Waals surface area (Å²) < 4.78 is 45.1. The van der Waals surface area contributed by atoms with E-state index in [4.69, 9.17) is 0 Å². The highest BCUT2D eigenvalue weighted by Crippen LogP contribution is 2.03. The van der Waals surface area contributed by atoms with Crippen molar-refractivity contribution in [3.8, 4) is 0 Å². The number of hydrogen-bond donors (Lipinski definition) is 0. The second kappa shape index (κ2) is 2.36. The number of alkyl halides is 2. The summed E-state index contributed by atoms with van der Waals surface area (Å²) >= 11 is 0. The van der Waals surface area contributed by atoms with Crippen molar-refractivity contribution in [1.82, 2.24) is 0 Å². The first-order valence-electron chi connectivity index (χ1n) is 1.58. The minimum Gasteiger partial charge on any atom is -0.269 e. The van der Waals surface area contributed by atoms with E-state index in [-0.39, 0.29) is 0 Å². The average molecular weight is 146 g/mol. The maximum atomic E-state index is 11.1. The summed E-state index contributed by atoms with van der Waals surface area (Å²) in [6.45, 7) is 0. The van der Waals surface area contributed by atoms with Crippen LogP contribution in [0.15, 0.2) is 0 Å². The van der Waals surface area contributed by atoms with Crippen molar-refractivity contribution in [2.75, 3.05) is 7.11 Å². The topological polar surface area (TPSA) is 43.4 Å². The summed E-state index contributed by atoms with van der Waals surface area (Å²) in [6, 6.07) is 0. The summed E-state index contributed by atoms with van der Waals surface area (Å²) in [6.07, 6.45) is 0. The fourth-order valence-electron chi connectivity index (χ4n) is 0.0727. The minimum absolute atomic E-state index is 0.682. The Morgan fingerprint density at radius 3 is 1.88 bits per heavy atom. The number of rotatable bonds is 2. The van der Waals surface area contributed by atoms with Gasteiger partial charge < -0.3 is 0 Å². The van der Waals surface area contributed by atoms with Gasteiger partial charge in [-0.15, -0.1) is 0 Å². The summed E-state index contributed by atoms with van der Waals surface area (Å²) in [5.41, 5.74) is 0. The highest BCUT2D eigenvalue weighted by Gasteiger charge is 2.22. The van der Waals surface area contributed by atoms with Gasteiger partial charge in [0.1, 0.15) is 0 Å². The SMILES string of the molecule is COS(=O)(=O)C(F)F. The predicted molar refractivity (Wildman–Crippen MR) is 21.9 cm³/mol. The predicted octanol–water partition coefficient (Wildman–Crippen LogP) is 0.185. The van der Waals surface area contributed by atoms with Crippen molar-refractivity contribution in [3.05, 3.63) is 0 Å². The first kappa shape index (κ1) is 7.77. The maximum absolute atomic E-state index is 11.1. The molecule has 0 saturated heterocycles. The second-order valence-corrected chi connectivity index (χ2v) is 2.60. The second-order valence-electron chi connectivity index (χ2n) is 0.920. The van der Waals surface area contributed by atoms with Gasteiger partial charge in [0.25, 0.3) is 0 Å². The average Bonchev–Trinajstić information content (AvgIpc) is 1.67. The molecule has 0 aliphatic rings. The van der Waals surface area contributed by atoms with Crippen LogP contribution in [-0.2, 0) is 14.3 Å². The molecular weight excluding hydrogens is 142 g/mol. The van der Waals surface area contributed by atoms with Crippen LogP contribution in [0.4, 0.5) is 8.78 Å². The Morgan fingerprint density at radius 1 is 1.50 bits per heavy atom. The minimum atomic E-state index is -4.57. The van der Waals surface area contributed by atoms with E-state index >= 15 is 0 Å². The Balaban J connectivity index is 4.17. The molecule has 3 nitrogen and oxygen atoms in total. The molecule has 0 aromatic rings. The van der Waals surface area contributed by atoms with Gasteiger partial charge in [0, 0.05) is 0 Å². The smallest absolute Gasteiger partial charge is 0.269 e. The van der Waals surface area contributed by atoms with E-state index in [0.717, 1.165) is 0 Å². The van der Waals surface area contributed by atoms with E-state index in [0.29, 0.717) is 7.11 Å². The van der Waals surface area contributed by atoms with Gasteiger partial charge in [0.15, 0.2) is 0 Å². The van der Waals surface area contributed by atoms with Crippen LogP contribution >= 0.6 is 0 Å². The highest BCUT2D eigenvalue weighted by atomic mass is 32.2. The lowest BCUT2D eigenvalue weighted by molar-refractivity contribution is 0.209. The van der Waals surface area contributed by atoms with Gasteiger partial charge in [0.05, 0.1) is 7.11 Å². The first-order valence-corrected chi connectivity index (χ1v) is 3.05. The van der Waals surface area contributed by atoms with Gasteiger partial charge in [-0.05, 0) is 0 Å². The molecule has 0 N–H and O–H groups in total. The lowest BCUT2D eigenvalue weighted by Crippen LogP contribution is -2.11. The molecule has 0 amide bonds. The summed E-state index contributed by atoms with van der Waals surface area (Å²) in [7, 11) is -3.89. The zero-order valence-electron chi connectivity index (χ0n) is 3.97. The van der Waals surface area contributed by atoms with Crippen molar-refractivity contribution in [2.45, 2.75) is 5.76 Å². The number of hydrogen-bond acceptors (Lipinski definition) is 3. The van der Waals surface area contributed by atoms with Crippen LogP contribution in [-0.4, -0.2) is 21.3 Å². The monoisotopic (exact) mass is 146 g/mol. The molecule has 6 heteroatoms. The summed E-state index contributed by atoms with van der Waals surface area (Å²) in [5, 5.41) is 0. The largest absolute Gasteiger partial charge is 0.361 e. The quantitative estimate of drug-likeness (QED) is 0.522. The van der Waals surface area contributed by atoms with E-state index in [1.165, 1.54) is 0 Å². The standard InChI is InChI=1S/C2H4F2O3S/c1-7-8(5,6)2(3)4/h2H,1H3. The van der Waals surface area contributed by atoms with Crippen molar-refractivity contribution >= 4 is 10.1 Å². The van der Waals surface area contributed by atoms with Crippen molar-refractivity contribution < 1.29 is 21.4 Å². The molecule has 50 valence electrons.